The van der Waals surface area contributed by atoms with Crippen molar-refractivity contribution in [3.8, 4) is 0 Å². The minimum absolute atomic E-state index is 0.156. The highest BCUT2D eigenvalue weighted by Gasteiger charge is 2.27. The van der Waals surface area contributed by atoms with Crippen molar-refractivity contribution in [1.82, 2.24) is 5.32 Å². The first kappa shape index (κ1) is 23.9. The highest BCUT2D eigenvalue weighted by Crippen LogP contribution is 2.24. The van der Waals surface area contributed by atoms with Gasteiger partial charge in [0, 0.05) is 18.1 Å². The molecular formula is C25H28N2O3S2. The van der Waals surface area contributed by atoms with Crippen LogP contribution in [0.25, 0.3) is 0 Å². The number of hydrogen-bond donors (Lipinski definition) is 1. The average molecular weight is 469 g/mol. The average Bonchev–Trinajstić information content (AvgIpc) is 2.79. The maximum absolute atomic E-state index is 13.3. The summed E-state index contributed by atoms with van der Waals surface area (Å²) in [6.07, 6.45) is 0. The van der Waals surface area contributed by atoms with Gasteiger partial charge in [-0.3, -0.25) is 9.10 Å². The van der Waals surface area contributed by atoms with E-state index < -0.39 is 10.0 Å². The first-order valence-electron chi connectivity index (χ1n) is 10.4. The van der Waals surface area contributed by atoms with Crippen molar-refractivity contribution < 1.29 is 13.2 Å². The van der Waals surface area contributed by atoms with Crippen LogP contribution in [0, 0.1) is 13.8 Å². The predicted octanol–water partition coefficient (Wildman–Crippen LogP) is 4.55. The molecule has 3 aromatic rings. The molecule has 0 bridgehead atoms. The van der Waals surface area contributed by atoms with E-state index in [4.69, 9.17) is 0 Å². The largest absolute Gasteiger partial charge is 0.354 e. The van der Waals surface area contributed by atoms with Crippen LogP contribution in [0.15, 0.2) is 83.8 Å². The first-order valence-corrected chi connectivity index (χ1v) is 13.0. The van der Waals surface area contributed by atoms with Gasteiger partial charge in [0.25, 0.3) is 10.0 Å². The van der Waals surface area contributed by atoms with E-state index in [0.717, 1.165) is 17.1 Å². The number of anilines is 1. The third-order valence-corrected chi connectivity index (χ3v) is 7.68. The molecule has 7 heteroatoms. The lowest BCUT2D eigenvalue weighted by molar-refractivity contribution is -0.119. The van der Waals surface area contributed by atoms with E-state index in [0.29, 0.717) is 12.2 Å². The standard InChI is InChI=1S/C25H28N2O3S2/c1-20-11-13-22(14-12-20)19-31-16-15-26-25(28)18-27(23-8-6-7-21(2)17-23)32(29,30)24-9-4-3-5-10-24/h3-14,17H,15-16,18-19H2,1-2H3,(H,26,28). The van der Waals surface area contributed by atoms with E-state index in [1.54, 1.807) is 48.2 Å². The Morgan fingerprint density at radius 2 is 1.62 bits per heavy atom. The van der Waals surface area contributed by atoms with Crippen LogP contribution in [0.3, 0.4) is 0 Å². The minimum atomic E-state index is -3.87. The zero-order chi connectivity index (χ0) is 23.0. The number of aryl methyl sites for hydroxylation is 2. The quantitative estimate of drug-likeness (QED) is 0.444. The molecular weight excluding hydrogens is 440 g/mol. The lowest BCUT2D eigenvalue weighted by Crippen LogP contribution is -2.41. The minimum Gasteiger partial charge on any atom is -0.354 e. The summed E-state index contributed by atoms with van der Waals surface area (Å²) < 4.78 is 27.7. The van der Waals surface area contributed by atoms with Crippen molar-refractivity contribution in [2.24, 2.45) is 0 Å². The summed E-state index contributed by atoms with van der Waals surface area (Å²) in [5.74, 6) is 1.28. The molecule has 0 aliphatic carbocycles. The second-order valence-electron chi connectivity index (χ2n) is 7.55. The van der Waals surface area contributed by atoms with Gasteiger partial charge in [-0.05, 0) is 49.2 Å². The molecule has 0 saturated heterocycles. The molecule has 0 aromatic heterocycles. The van der Waals surface area contributed by atoms with Crippen LogP contribution in [0.4, 0.5) is 5.69 Å². The van der Waals surface area contributed by atoms with Crippen LogP contribution in [0.5, 0.6) is 0 Å². The number of nitrogens with one attached hydrogen (secondary N) is 1. The van der Waals surface area contributed by atoms with Crippen molar-refractivity contribution in [1.29, 1.82) is 0 Å². The monoisotopic (exact) mass is 468 g/mol. The summed E-state index contributed by atoms with van der Waals surface area (Å²) in [5, 5.41) is 2.85. The molecule has 0 radical (unpaired) electrons. The zero-order valence-corrected chi connectivity index (χ0v) is 20.0. The van der Waals surface area contributed by atoms with Gasteiger partial charge in [-0.2, -0.15) is 11.8 Å². The number of amides is 1. The molecule has 1 N–H and O–H groups in total. The molecule has 0 aliphatic rings. The van der Waals surface area contributed by atoms with Gasteiger partial charge in [-0.1, -0.05) is 60.2 Å². The van der Waals surface area contributed by atoms with Crippen LogP contribution < -0.4 is 9.62 Å². The lowest BCUT2D eigenvalue weighted by atomic mass is 10.2. The van der Waals surface area contributed by atoms with Crippen molar-refractivity contribution in [3.63, 3.8) is 0 Å². The maximum atomic E-state index is 13.3. The first-order chi connectivity index (χ1) is 15.4. The SMILES string of the molecule is Cc1ccc(CSCCNC(=O)CN(c2cccc(C)c2)S(=O)(=O)c2ccccc2)cc1. The molecule has 3 aromatic carbocycles. The smallest absolute Gasteiger partial charge is 0.264 e. The molecule has 0 aliphatic heterocycles. The fraction of sp³-hybridized carbons (Fsp3) is 0.240. The predicted molar refractivity (Wildman–Crippen MR) is 133 cm³/mol. The summed E-state index contributed by atoms with van der Waals surface area (Å²) >= 11 is 1.73. The topological polar surface area (TPSA) is 66.5 Å². The van der Waals surface area contributed by atoms with Gasteiger partial charge in [0.15, 0.2) is 0 Å². The summed E-state index contributed by atoms with van der Waals surface area (Å²) in [4.78, 5) is 12.8. The number of carbonyl (C=O) groups excluding carboxylic acids is 1. The lowest BCUT2D eigenvalue weighted by Gasteiger charge is -2.24. The molecule has 3 rings (SSSR count). The van der Waals surface area contributed by atoms with Crippen molar-refractivity contribution in [2.45, 2.75) is 24.5 Å². The van der Waals surface area contributed by atoms with Gasteiger partial charge in [-0.15, -0.1) is 0 Å². The number of rotatable bonds is 10. The highest BCUT2D eigenvalue weighted by atomic mass is 32.2. The van der Waals surface area contributed by atoms with E-state index in [9.17, 15) is 13.2 Å². The highest BCUT2D eigenvalue weighted by molar-refractivity contribution is 7.98. The van der Waals surface area contributed by atoms with Crippen LogP contribution in [-0.4, -0.2) is 33.2 Å². The van der Waals surface area contributed by atoms with Crippen molar-refractivity contribution >= 4 is 33.4 Å². The zero-order valence-electron chi connectivity index (χ0n) is 18.3. The molecule has 0 spiro atoms. The summed E-state index contributed by atoms with van der Waals surface area (Å²) in [6.45, 7) is 4.15. The number of sulfonamides is 1. The van der Waals surface area contributed by atoms with Gasteiger partial charge >= 0.3 is 0 Å². The fourth-order valence-corrected chi connectivity index (χ4v) is 5.39. The Morgan fingerprint density at radius 3 is 2.31 bits per heavy atom. The van der Waals surface area contributed by atoms with Crippen molar-refractivity contribution in [2.75, 3.05) is 23.1 Å². The second-order valence-corrected chi connectivity index (χ2v) is 10.5. The number of carbonyl (C=O) groups is 1. The van der Waals surface area contributed by atoms with E-state index >= 15 is 0 Å². The van der Waals surface area contributed by atoms with E-state index in [1.165, 1.54) is 27.6 Å². The van der Waals surface area contributed by atoms with E-state index in [1.807, 2.05) is 13.0 Å². The summed E-state index contributed by atoms with van der Waals surface area (Å²) in [7, 11) is -3.87. The molecule has 0 atom stereocenters. The number of benzene rings is 3. The van der Waals surface area contributed by atoms with Crippen LogP contribution in [-0.2, 0) is 20.6 Å². The molecule has 168 valence electrons. The Balaban J connectivity index is 1.62. The number of hydrogen-bond acceptors (Lipinski definition) is 4. The van der Waals surface area contributed by atoms with Gasteiger partial charge in [-0.25, -0.2) is 8.42 Å². The van der Waals surface area contributed by atoms with Crippen molar-refractivity contribution in [3.05, 3.63) is 95.6 Å². The Hall–Kier alpha value is -2.77. The third-order valence-electron chi connectivity index (χ3n) is 4.87. The maximum Gasteiger partial charge on any atom is 0.264 e. The van der Waals surface area contributed by atoms with Crippen LogP contribution in [0.2, 0.25) is 0 Å². The molecule has 1 amide bonds. The Bertz CT molecular complexity index is 1130. The van der Waals surface area contributed by atoms with Crippen LogP contribution >= 0.6 is 11.8 Å². The Kier molecular flexibility index (Phi) is 8.36. The Morgan fingerprint density at radius 1 is 0.906 bits per heavy atom. The van der Waals surface area contributed by atoms with E-state index in [-0.39, 0.29) is 17.3 Å². The number of thioether (sulfide) groups is 1. The van der Waals surface area contributed by atoms with Gasteiger partial charge in [0.2, 0.25) is 5.91 Å². The summed E-state index contributed by atoms with van der Waals surface area (Å²) in [6, 6.07) is 23.7. The van der Waals surface area contributed by atoms with Gasteiger partial charge in [0.05, 0.1) is 10.6 Å². The molecule has 32 heavy (non-hydrogen) atoms. The Labute approximate surface area is 194 Å². The summed E-state index contributed by atoms with van der Waals surface area (Å²) in [5.41, 5.74) is 3.86. The molecule has 0 fully saturated rings. The third kappa shape index (κ3) is 6.61. The number of nitrogens with zero attached hydrogens (tertiary/aromatic N) is 1. The molecule has 0 heterocycles. The van der Waals surface area contributed by atoms with E-state index in [2.05, 4.69) is 36.5 Å². The van der Waals surface area contributed by atoms with Gasteiger partial charge < -0.3 is 5.32 Å². The fourth-order valence-electron chi connectivity index (χ4n) is 3.14. The normalized spacial score (nSPS) is 11.2. The second kappa shape index (κ2) is 11.2. The van der Waals surface area contributed by atoms with Gasteiger partial charge in [0.1, 0.15) is 6.54 Å². The van der Waals surface area contributed by atoms with Crippen LogP contribution in [0.1, 0.15) is 16.7 Å². The molecule has 5 nitrogen and oxygen atoms in total. The molecule has 0 saturated carbocycles. The molecule has 0 unspecified atom stereocenters.